The number of carbonyl (C=O) groups is 2. The highest BCUT2D eigenvalue weighted by atomic mass is 16.5. The molecule has 0 aromatic carbocycles. The third-order valence-electron chi connectivity index (χ3n) is 10.2. The summed E-state index contributed by atoms with van der Waals surface area (Å²) >= 11 is 0. The quantitative estimate of drug-likeness (QED) is 0.0509. The predicted molar refractivity (Wildman–Crippen MR) is 209 cm³/mol. The van der Waals surface area contributed by atoms with Crippen LogP contribution in [0.25, 0.3) is 0 Å². The van der Waals surface area contributed by atoms with Crippen molar-refractivity contribution in [3.8, 4) is 0 Å². The lowest BCUT2D eigenvalue weighted by molar-refractivity contribution is -0.149. The van der Waals surface area contributed by atoms with Gasteiger partial charge in [-0.25, -0.2) is 0 Å². The summed E-state index contributed by atoms with van der Waals surface area (Å²) < 4.78 is 11.3. The monoisotopic (exact) mass is 696 g/mol. The predicted octanol–water partition coefficient (Wildman–Crippen LogP) is 12.0. The second kappa shape index (κ2) is 38.1. The van der Waals surface area contributed by atoms with Crippen LogP contribution in [0, 0.1) is 11.8 Å². The number of ether oxygens (including phenoxy) is 2. The molecule has 6 heteroatoms. The molecule has 1 unspecified atom stereocenters. The highest BCUT2D eigenvalue weighted by Crippen LogP contribution is 2.21. The Morgan fingerprint density at radius 3 is 1.29 bits per heavy atom. The molecule has 0 aliphatic rings. The Kier molecular flexibility index (Phi) is 37.2. The van der Waals surface area contributed by atoms with Crippen LogP contribution in [0.1, 0.15) is 214 Å². The Balaban J connectivity index is 4.04. The Hall–Kier alpha value is -1.14. The minimum Gasteiger partial charge on any atom is -0.465 e. The first-order valence-corrected chi connectivity index (χ1v) is 21.7. The van der Waals surface area contributed by atoms with Gasteiger partial charge in [-0.05, 0) is 58.0 Å². The highest BCUT2D eigenvalue weighted by molar-refractivity contribution is 5.72. The smallest absolute Gasteiger partial charge is 0.308 e. The van der Waals surface area contributed by atoms with Gasteiger partial charge in [-0.3, -0.25) is 9.59 Å². The molecule has 0 aromatic rings. The number of unbranched alkanes of at least 4 members (excludes halogenated alkanes) is 21. The molecular formula is C43H85NO5. The second-order valence-corrected chi connectivity index (χ2v) is 15.0. The summed E-state index contributed by atoms with van der Waals surface area (Å²) in [5.41, 5.74) is 0. The van der Waals surface area contributed by atoms with Crippen molar-refractivity contribution in [3.05, 3.63) is 0 Å². The maximum absolute atomic E-state index is 13.0. The van der Waals surface area contributed by atoms with E-state index in [-0.39, 0.29) is 30.4 Å². The first-order valence-electron chi connectivity index (χ1n) is 21.7. The first kappa shape index (κ1) is 47.9. The standard InChI is InChI=1S/C43H85NO5/c1-5-8-11-14-17-25-32-41(33-26-18-15-12-9-6-2)43(47)49-39-30-23-16-20-27-34-44(36-37-45)35-28-21-19-24-31-40(4)42(46)48-38-29-22-13-10-7-3/h40-41,45H,5-39H2,1-4H3. The van der Waals surface area contributed by atoms with E-state index in [1.165, 1.54) is 103 Å². The van der Waals surface area contributed by atoms with Gasteiger partial charge in [-0.15, -0.1) is 0 Å². The topological polar surface area (TPSA) is 76.1 Å². The van der Waals surface area contributed by atoms with E-state index in [1.54, 1.807) is 0 Å². The molecular weight excluding hydrogens is 610 g/mol. The second-order valence-electron chi connectivity index (χ2n) is 15.0. The van der Waals surface area contributed by atoms with Crippen molar-refractivity contribution < 1.29 is 24.2 Å². The van der Waals surface area contributed by atoms with Crippen molar-refractivity contribution >= 4 is 11.9 Å². The van der Waals surface area contributed by atoms with Crippen molar-refractivity contribution in [1.29, 1.82) is 0 Å². The molecule has 0 aliphatic heterocycles. The average molecular weight is 696 g/mol. The maximum atomic E-state index is 13.0. The summed E-state index contributed by atoms with van der Waals surface area (Å²) in [6, 6.07) is 0. The van der Waals surface area contributed by atoms with Gasteiger partial charge in [0, 0.05) is 6.54 Å². The van der Waals surface area contributed by atoms with Crippen LogP contribution >= 0.6 is 0 Å². The number of nitrogens with zero attached hydrogens (tertiary/aromatic N) is 1. The molecule has 0 fully saturated rings. The molecule has 0 aromatic heterocycles. The van der Waals surface area contributed by atoms with Gasteiger partial charge < -0.3 is 19.5 Å². The number of aliphatic hydroxyl groups is 1. The number of hydrogen-bond acceptors (Lipinski definition) is 6. The summed E-state index contributed by atoms with van der Waals surface area (Å²) in [5, 5.41) is 9.55. The molecule has 1 N–H and O–H groups in total. The van der Waals surface area contributed by atoms with Crippen molar-refractivity contribution in [2.45, 2.75) is 214 Å². The molecule has 49 heavy (non-hydrogen) atoms. The van der Waals surface area contributed by atoms with Crippen LogP contribution in [0.4, 0.5) is 0 Å². The molecule has 0 radical (unpaired) electrons. The molecule has 6 nitrogen and oxygen atoms in total. The lowest BCUT2D eigenvalue weighted by Gasteiger charge is -2.21. The minimum absolute atomic E-state index is 0.00435. The van der Waals surface area contributed by atoms with Crippen LogP contribution in [0.2, 0.25) is 0 Å². The van der Waals surface area contributed by atoms with Crippen LogP contribution in [-0.4, -0.2) is 61.4 Å². The van der Waals surface area contributed by atoms with Gasteiger partial charge in [0.25, 0.3) is 0 Å². The molecule has 0 bridgehead atoms. The number of hydrogen-bond donors (Lipinski definition) is 1. The third kappa shape index (κ3) is 32.5. The molecule has 0 saturated heterocycles. The minimum atomic E-state index is -0.0307. The lowest BCUT2D eigenvalue weighted by Crippen LogP contribution is -2.29. The van der Waals surface area contributed by atoms with Crippen LogP contribution in [0.5, 0.6) is 0 Å². The number of carbonyl (C=O) groups excluding carboxylic acids is 2. The van der Waals surface area contributed by atoms with Crippen molar-refractivity contribution in [3.63, 3.8) is 0 Å². The third-order valence-corrected chi connectivity index (χ3v) is 10.2. The fourth-order valence-electron chi connectivity index (χ4n) is 6.74. The van der Waals surface area contributed by atoms with Gasteiger partial charge >= 0.3 is 11.9 Å². The summed E-state index contributed by atoms with van der Waals surface area (Å²) in [7, 11) is 0. The van der Waals surface area contributed by atoms with Gasteiger partial charge in [0.1, 0.15) is 0 Å². The lowest BCUT2D eigenvalue weighted by atomic mass is 9.94. The van der Waals surface area contributed by atoms with Gasteiger partial charge in [0.05, 0.1) is 31.7 Å². The number of aliphatic hydroxyl groups excluding tert-OH is 1. The number of esters is 2. The molecule has 0 rings (SSSR count). The summed E-state index contributed by atoms with van der Waals surface area (Å²) in [5.74, 6) is 0.117. The van der Waals surface area contributed by atoms with Crippen molar-refractivity contribution in [2.24, 2.45) is 11.8 Å². The normalized spacial score (nSPS) is 12.2. The molecule has 292 valence electrons. The largest absolute Gasteiger partial charge is 0.465 e. The molecule has 0 aliphatic carbocycles. The fraction of sp³-hybridized carbons (Fsp3) is 0.953. The van der Waals surface area contributed by atoms with Crippen molar-refractivity contribution in [1.82, 2.24) is 4.90 Å². The van der Waals surface area contributed by atoms with Crippen LogP contribution < -0.4 is 0 Å². The van der Waals surface area contributed by atoms with E-state index < -0.39 is 0 Å². The van der Waals surface area contributed by atoms with Crippen LogP contribution in [0.15, 0.2) is 0 Å². The summed E-state index contributed by atoms with van der Waals surface area (Å²) in [4.78, 5) is 27.6. The molecule has 0 saturated carbocycles. The molecule has 0 heterocycles. The summed E-state index contributed by atoms with van der Waals surface area (Å²) in [6.45, 7) is 12.9. The average Bonchev–Trinajstić information content (AvgIpc) is 3.10. The Morgan fingerprint density at radius 1 is 0.469 bits per heavy atom. The van der Waals surface area contributed by atoms with Crippen molar-refractivity contribution in [2.75, 3.05) is 39.5 Å². The van der Waals surface area contributed by atoms with E-state index >= 15 is 0 Å². The number of rotatable bonds is 39. The van der Waals surface area contributed by atoms with Crippen LogP contribution in [-0.2, 0) is 19.1 Å². The molecule has 0 amide bonds. The Morgan fingerprint density at radius 2 is 0.837 bits per heavy atom. The zero-order chi connectivity index (χ0) is 36.0. The first-order chi connectivity index (χ1) is 24.0. The van der Waals surface area contributed by atoms with Gasteiger partial charge in [-0.2, -0.15) is 0 Å². The SMILES string of the molecule is CCCCCCCCC(CCCCCCCC)C(=O)OCCCCCCCN(CCO)CCCCCCC(C)C(=O)OCCCCCCC. The van der Waals surface area contributed by atoms with Crippen LogP contribution in [0.3, 0.4) is 0 Å². The maximum Gasteiger partial charge on any atom is 0.308 e. The van der Waals surface area contributed by atoms with E-state index in [1.807, 2.05) is 6.92 Å². The molecule has 1 atom stereocenters. The van der Waals surface area contributed by atoms with E-state index in [2.05, 4.69) is 25.7 Å². The van der Waals surface area contributed by atoms with E-state index in [0.29, 0.717) is 13.2 Å². The highest BCUT2D eigenvalue weighted by Gasteiger charge is 2.19. The van der Waals surface area contributed by atoms with E-state index in [9.17, 15) is 14.7 Å². The Labute approximate surface area is 305 Å². The summed E-state index contributed by atoms with van der Waals surface area (Å²) in [6.07, 6.45) is 34.1. The van der Waals surface area contributed by atoms with E-state index in [0.717, 1.165) is 103 Å². The van der Waals surface area contributed by atoms with Gasteiger partial charge in [-0.1, -0.05) is 169 Å². The Bertz CT molecular complexity index is 686. The zero-order valence-corrected chi connectivity index (χ0v) is 33.4. The zero-order valence-electron chi connectivity index (χ0n) is 33.4. The van der Waals surface area contributed by atoms with Gasteiger partial charge in [0.2, 0.25) is 0 Å². The van der Waals surface area contributed by atoms with Gasteiger partial charge in [0.15, 0.2) is 0 Å². The molecule has 0 spiro atoms. The van der Waals surface area contributed by atoms with E-state index in [4.69, 9.17) is 9.47 Å². The fourth-order valence-corrected chi connectivity index (χ4v) is 6.74.